The average molecular weight is 356 g/mol. The molecule has 2 aromatic rings. The molecule has 1 aromatic carbocycles. The van der Waals surface area contributed by atoms with E-state index in [9.17, 15) is 4.79 Å². The normalized spacial score (nSPS) is 16.3. The molecule has 1 saturated heterocycles. The second-order valence-corrected chi connectivity index (χ2v) is 6.71. The second-order valence-electron chi connectivity index (χ2n) is 6.71. The Balaban J connectivity index is 1.56. The lowest BCUT2D eigenvalue weighted by Crippen LogP contribution is -2.35. The highest BCUT2D eigenvalue weighted by molar-refractivity contribution is 5.76. The number of nitrogens with one attached hydrogen (secondary N) is 1. The third-order valence-corrected chi connectivity index (χ3v) is 4.78. The van der Waals surface area contributed by atoms with Crippen molar-refractivity contribution in [1.29, 1.82) is 0 Å². The Hall–Kier alpha value is -2.18. The van der Waals surface area contributed by atoms with E-state index in [0.717, 1.165) is 50.3 Å². The summed E-state index contributed by atoms with van der Waals surface area (Å²) in [5.74, 6) is 1.06. The van der Waals surface area contributed by atoms with Crippen LogP contribution in [0.4, 0.5) is 0 Å². The van der Waals surface area contributed by atoms with E-state index in [2.05, 4.69) is 27.0 Å². The standard InChI is InChI=1S/C20H28N4O2/c1-17-21-11-15-23(17)13-9-19(18-7-3-2-4-8-18)22-20(25)10-14-24-12-5-6-16-26-24/h2-4,7-8,11,15,19H,5-6,9-10,12-14,16H2,1H3,(H,22,25)/t19-/m0/s1. The van der Waals surface area contributed by atoms with E-state index in [4.69, 9.17) is 4.84 Å². The van der Waals surface area contributed by atoms with E-state index < -0.39 is 0 Å². The Morgan fingerprint density at radius 3 is 2.81 bits per heavy atom. The van der Waals surface area contributed by atoms with E-state index in [1.165, 1.54) is 0 Å². The van der Waals surface area contributed by atoms with E-state index >= 15 is 0 Å². The molecule has 1 N–H and O–H groups in total. The SMILES string of the molecule is Cc1nccn1CC[C@H](NC(=O)CCN1CCCCO1)c1ccccc1. The summed E-state index contributed by atoms with van der Waals surface area (Å²) in [5, 5.41) is 5.11. The first kappa shape index (κ1) is 18.6. The topological polar surface area (TPSA) is 59.4 Å². The minimum Gasteiger partial charge on any atom is -0.349 e. The van der Waals surface area contributed by atoms with E-state index in [0.29, 0.717) is 13.0 Å². The minimum atomic E-state index is -0.00669. The Morgan fingerprint density at radius 1 is 1.27 bits per heavy atom. The van der Waals surface area contributed by atoms with Crippen LogP contribution in [-0.2, 0) is 16.2 Å². The summed E-state index contributed by atoms with van der Waals surface area (Å²) in [6.07, 6.45) is 7.31. The Bertz CT molecular complexity index is 680. The van der Waals surface area contributed by atoms with Crippen LogP contribution in [0.3, 0.4) is 0 Å². The molecular weight excluding hydrogens is 328 g/mol. The Morgan fingerprint density at radius 2 is 2.12 bits per heavy atom. The van der Waals surface area contributed by atoms with Gasteiger partial charge in [0.2, 0.25) is 5.91 Å². The second kappa shape index (κ2) is 9.50. The lowest BCUT2D eigenvalue weighted by atomic mass is 10.0. The summed E-state index contributed by atoms with van der Waals surface area (Å²) >= 11 is 0. The molecule has 2 heterocycles. The summed E-state index contributed by atoms with van der Waals surface area (Å²) in [6.45, 7) is 5.14. The fourth-order valence-corrected chi connectivity index (χ4v) is 3.23. The van der Waals surface area contributed by atoms with E-state index in [-0.39, 0.29) is 11.9 Å². The first-order chi connectivity index (χ1) is 12.7. The number of aryl methyl sites for hydroxylation is 2. The quantitative estimate of drug-likeness (QED) is 0.790. The molecule has 0 aliphatic carbocycles. The van der Waals surface area contributed by atoms with Crippen LogP contribution >= 0.6 is 0 Å². The molecular formula is C20H28N4O2. The largest absolute Gasteiger partial charge is 0.349 e. The zero-order valence-corrected chi connectivity index (χ0v) is 15.4. The fourth-order valence-electron chi connectivity index (χ4n) is 3.23. The van der Waals surface area contributed by atoms with Gasteiger partial charge in [-0.05, 0) is 31.7 Å². The van der Waals surface area contributed by atoms with Crippen LogP contribution in [0.1, 0.15) is 43.1 Å². The predicted octanol–water partition coefficient (Wildman–Crippen LogP) is 2.86. The van der Waals surface area contributed by atoms with Crippen molar-refractivity contribution in [2.24, 2.45) is 0 Å². The van der Waals surface area contributed by atoms with Crippen molar-refractivity contribution in [1.82, 2.24) is 19.9 Å². The smallest absolute Gasteiger partial charge is 0.221 e. The van der Waals surface area contributed by atoms with Crippen molar-refractivity contribution in [3.63, 3.8) is 0 Å². The van der Waals surface area contributed by atoms with Crippen LogP contribution in [0, 0.1) is 6.92 Å². The summed E-state index contributed by atoms with van der Waals surface area (Å²) in [7, 11) is 0. The molecule has 26 heavy (non-hydrogen) atoms. The number of carbonyl (C=O) groups is 1. The molecule has 6 heteroatoms. The number of benzene rings is 1. The fraction of sp³-hybridized carbons (Fsp3) is 0.500. The van der Waals surface area contributed by atoms with Crippen molar-refractivity contribution in [3.05, 3.63) is 54.1 Å². The van der Waals surface area contributed by atoms with Gasteiger partial charge in [0.05, 0.1) is 12.6 Å². The molecule has 0 unspecified atom stereocenters. The van der Waals surface area contributed by atoms with E-state index in [1.54, 1.807) is 0 Å². The monoisotopic (exact) mass is 356 g/mol. The molecule has 0 saturated carbocycles. The lowest BCUT2D eigenvalue weighted by molar-refractivity contribution is -0.181. The van der Waals surface area contributed by atoms with Crippen LogP contribution in [-0.4, -0.2) is 40.2 Å². The highest BCUT2D eigenvalue weighted by Gasteiger charge is 2.17. The van der Waals surface area contributed by atoms with Crippen LogP contribution in [0.25, 0.3) is 0 Å². The van der Waals surface area contributed by atoms with Gasteiger partial charge in [0.25, 0.3) is 0 Å². The molecule has 1 aliphatic heterocycles. The molecule has 1 fully saturated rings. The number of nitrogens with zero attached hydrogens (tertiary/aromatic N) is 3. The maximum Gasteiger partial charge on any atom is 0.221 e. The first-order valence-corrected chi connectivity index (χ1v) is 9.42. The predicted molar refractivity (Wildman–Crippen MR) is 100 cm³/mol. The van der Waals surface area contributed by atoms with Crippen molar-refractivity contribution >= 4 is 5.91 Å². The Kier molecular flexibility index (Phi) is 6.80. The van der Waals surface area contributed by atoms with E-state index in [1.807, 2.05) is 42.6 Å². The van der Waals surface area contributed by atoms with Gasteiger partial charge in [0, 0.05) is 38.4 Å². The van der Waals surface area contributed by atoms with Crippen molar-refractivity contribution in [2.45, 2.75) is 45.2 Å². The number of aromatic nitrogens is 2. The number of amides is 1. The third-order valence-electron chi connectivity index (χ3n) is 4.78. The number of carbonyl (C=O) groups excluding carboxylic acids is 1. The summed E-state index contributed by atoms with van der Waals surface area (Å²) in [6, 6.07) is 10.2. The molecule has 3 rings (SSSR count). The minimum absolute atomic E-state index is 0.00669. The Labute approximate surface area is 155 Å². The van der Waals surface area contributed by atoms with Gasteiger partial charge in [0.15, 0.2) is 0 Å². The van der Waals surface area contributed by atoms with Gasteiger partial charge in [-0.15, -0.1) is 0 Å². The zero-order valence-electron chi connectivity index (χ0n) is 15.4. The van der Waals surface area contributed by atoms with Gasteiger partial charge < -0.3 is 9.88 Å². The molecule has 0 bridgehead atoms. The highest BCUT2D eigenvalue weighted by atomic mass is 16.7. The number of hydrogen-bond donors (Lipinski definition) is 1. The third kappa shape index (κ3) is 5.41. The van der Waals surface area contributed by atoms with Crippen LogP contribution in [0.5, 0.6) is 0 Å². The van der Waals surface area contributed by atoms with Crippen molar-refractivity contribution in [2.75, 3.05) is 19.7 Å². The molecule has 1 aliphatic rings. The van der Waals surface area contributed by atoms with Gasteiger partial charge in [-0.3, -0.25) is 9.63 Å². The van der Waals surface area contributed by atoms with Crippen molar-refractivity contribution < 1.29 is 9.63 Å². The molecule has 1 amide bonds. The van der Waals surface area contributed by atoms with Gasteiger partial charge in [-0.1, -0.05) is 30.3 Å². The van der Waals surface area contributed by atoms with Crippen molar-refractivity contribution in [3.8, 4) is 0 Å². The lowest BCUT2D eigenvalue weighted by Gasteiger charge is -2.26. The average Bonchev–Trinajstić information content (AvgIpc) is 3.10. The van der Waals surface area contributed by atoms with Gasteiger partial charge in [0.1, 0.15) is 5.82 Å². The van der Waals surface area contributed by atoms with Crippen LogP contribution in [0.2, 0.25) is 0 Å². The van der Waals surface area contributed by atoms with Crippen LogP contribution < -0.4 is 5.32 Å². The number of hydroxylamine groups is 2. The molecule has 1 atom stereocenters. The number of imidazole rings is 1. The number of hydrogen-bond acceptors (Lipinski definition) is 4. The maximum absolute atomic E-state index is 12.5. The first-order valence-electron chi connectivity index (χ1n) is 9.42. The zero-order chi connectivity index (χ0) is 18.2. The molecule has 140 valence electrons. The molecule has 0 spiro atoms. The molecule has 0 radical (unpaired) electrons. The highest BCUT2D eigenvalue weighted by Crippen LogP contribution is 2.18. The van der Waals surface area contributed by atoms with Crippen LogP contribution in [0.15, 0.2) is 42.7 Å². The maximum atomic E-state index is 12.5. The molecule has 6 nitrogen and oxygen atoms in total. The summed E-state index contributed by atoms with van der Waals surface area (Å²) in [5.41, 5.74) is 1.13. The summed E-state index contributed by atoms with van der Waals surface area (Å²) < 4.78 is 2.11. The number of rotatable bonds is 8. The van der Waals surface area contributed by atoms with Gasteiger partial charge >= 0.3 is 0 Å². The van der Waals surface area contributed by atoms with Gasteiger partial charge in [-0.25, -0.2) is 4.98 Å². The van der Waals surface area contributed by atoms with Gasteiger partial charge in [-0.2, -0.15) is 5.06 Å². The summed E-state index contributed by atoms with van der Waals surface area (Å²) in [4.78, 5) is 22.3. The molecule has 1 aromatic heterocycles.